The van der Waals surface area contributed by atoms with E-state index in [0.29, 0.717) is 43.4 Å². The van der Waals surface area contributed by atoms with Crippen molar-refractivity contribution in [2.45, 2.75) is 13.5 Å². The van der Waals surface area contributed by atoms with Gasteiger partial charge in [0, 0.05) is 38.6 Å². The van der Waals surface area contributed by atoms with Crippen LogP contribution in [0.15, 0.2) is 35.1 Å². The molecule has 124 valence electrons. The van der Waals surface area contributed by atoms with Crippen LogP contribution < -0.4 is 4.90 Å². The number of carbonyl (C=O) groups is 1. The van der Waals surface area contributed by atoms with Gasteiger partial charge in [-0.1, -0.05) is 0 Å². The summed E-state index contributed by atoms with van der Waals surface area (Å²) in [4.78, 5) is 24.8. The first-order valence-electron chi connectivity index (χ1n) is 7.92. The molecule has 4 heterocycles. The van der Waals surface area contributed by atoms with Crippen LogP contribution in [0.2, 0.25) is 0 Å². The highest BCUT2D eigenvalue weighted by Gasteiger charge is 2.24. The summed E-state index contributed by atoms with van der Waals surface area (Å²) in [5.41, 5.74) is 2.34. The lowest BCUT2D eigenvalue weighted by molar-refractivity contribution is -0.132. The zero-order valence-electron chi connectivity index (χ0n) is 13.4. The van der Waals surface area contributed by atoms with Gasteiger partial charge in [0.15, 0.2) is 5.58 Å². The number of aromatic nitrogens is 4. The molecule has 0 N–H and O–H groups in total. The maximum atomic E-state index is 12.4. The van der Waals surface area contributed by atoms with Crippen molar-refractivity contribution >= 4 is 23.2 Å². The Morgan fingerprint density at radius 3 is 2.83 bits per heavy atom. The van der Waals surface area contributed by atoms with Crippen molar-refractivity contribution in [1.29, 1.82) is 0 Å². The molecule has 3 aromatic rings. The second-order valence-corrected chi connectivity index (χ2v) is 5.90. The predicted octanol–water partition coefficient (Wildman–Crippen LogP) is 1.08. The molecule has 0 saturated carbocycles. The van der Waals surface area contributed by atoms with Crippen molar-refractivity contribution in [3.63, 3.8) is 0 Å². The topological polar surface area (TPSA) is 80.3 Å². The molecule has 3 aromatic heterocycles. The summed E-state index contributed by atoms with van der Waals surface area (Å²) in [6.45, 7) is 4.91. The number of aryl methyl sites for hydroxylation is 1. The number of fused-ring (bicyclic) bond motifs is 1. The Balaban J connectivity index is 1.38. The quantitative estimate of drug-likeness (QED) is 0.716. The van der Waals surface area contributed by atoms with Crippen molar-refractivity contribution < 1.29 is 9.21 Å². The monoisotopic (exact) mass is 326 g/mol. The molecule has 0 atom stereocenters. The molecule has 0 aliphatic carbocycles. The minimum absolute atomic E-state index is 0.0805. The molecule has 1 aliphatic rings. The number of hydrogen-bond acceptors (Lipinski definition) is 6. The highest BCUT2D eigenvalue weighted by molar-refractivity contribution is 5.76. The van der Waals surface area contributed by atoms with Crippen LogP contribution in [-0.2, 0) is 11.3 Å². The van der Waals surface area contributed by atoms with Crippen LogP contribution in [0.5, 0.6) is 0 Å². The molecule has 0 unspecified atom stereocenters. The number of nitrogens with zero attached hydrogens (tertiary/aromatic N) is 6. The minimum atomic E-state index is 0.0805. The lowest BCUT2D eigenvalue weighted by Gasteiger charge is -2.33. The molecule has 1 saturated heterocycles. The van der Waals surface area contributed by atoms with E-state index in [9.17, 15) is 4.79 Å². The molecule has 8 nitrogen and oxygen atoms in total. The van der Waals surface area contributed by atoms with Gasteiger partial charge >= 0.3 is 0 Å². The summed E-state index contributed by atoms with van der Waals surface area (Å²) in [7, 11) is 0. The van der Waals surface area contributed by atoms with E-state index in [-0.39, 0.29) is 12.5 Å². The highest BCUT2D eigenvalue weighted by atomic mass is 16.4. The molecular weight excluding hydrogens is 308 g/mol. The average molecular weight is 326 g/mol. The van der Waals surface area contributed by atoms with Crippen molar-refractivity contribution in [1.82, 2.24) is 24.6 Å². The van der Waals surface area contributed by atoms with E-state index in [1.807, 2.05) is 35.1 Å². The molecule has 0 aromatic carbocycles. The van der Waals surface area contributed by atoms with Gasteiger partial charge in [-0.3, -0.25) is 9.48 Å². The average Bonchev–Trinajstić information content (AvgIpc) is 3.21. The maximum absolute atomic E-state index is 12.4. The fourth-order valence-corrected chi connectivity index (χ4v) is 2.83. The number of anilines is 1. The van der Waals surface area contributed by atoms with Crippen molar-refractivity contribution in [3.05, 3.63) is 36.3 Å². The third-order valence-electron chi connectivity index (χ3n) is 4.12. The molecule has 8 heteroatoms. The second-order valence-electron chi connectivity index (χ2n) is 5.90. The van der Waals surface area contributed by atoms with Crippen LogP contribution in [0, 0.1) is 6.92 Å². The van der Waals surface area contributed by atoms with Gasteiger partial charge in [0.2, 0.25) is 11.6 Å². The predicted molar refractivity (Wildman–Crippen MR) is 87.6 cm³/mol. The third kappa shape index (κ3) is 2.82. The summed E-state index contributed by atoms with van der Waals surface area (Å²) >= 11 is 0. The SMILES string of the molecule is Cc1cnn(CC(=O)N2CCN(c3nc4ncccc4o3)CC2)c1. The summed E-state index contributed by atoms with van der Waals surface area (Å²) in [5.74, 6) is 0.0805. The zero-order valence-corrected chi connectivity index (χ0v) is 13.4. The number of amides is 1. The Morgan fingerprint density at radius 1 is 1.29 bits per heavy atom. The molecule has 24 heavy (non-hydrogen) atoms. The van der Waals surface area contributed by atoms with E-state index in [1.54, 1.807) is 17.1 Å². The van der Waals surface area contributed by atoms with E-state index < -0.39 is 0 Å². The Kier molecular flexibility index (Phi) is 3.64. The number of pyridine rings is 1. The van der Waals surface area contributed by atoms with Crippen LogP contribution in [0.1, 0.15) is 5.56 Å². The summed E-state index contributed by atoms with van der Waals surface area (Å²) in [6.07, 6.45) is 5.33. The Morgan fingerprint density at radius 2 is 2.12 bits per heavy atom. The van der Waals surface area contributed by atoms with Crippen molar-refractivity contribution in [2.24, 2.45) is 0 Å². The molecule has 1 aliphatic heterocycles. The van der Waals surface area contributed by atoms with Gasteiger partial charge in [-0.05, 0) is 24.6 Å². The Hall–Kier alpha value is -2.90. The smallest absolute Gasteiger partial charge is 0.300 e. The molecule has 0 spiro atoms. The van der Waals surface area contributed by atoms with E-state index in [0.717, 1.165) is 5.56 Å². The lowest BCUT2D eigenvalue weighted by atomic mass is 10.3. The van der Waals surface area contributed by atoms with Crippen LogP contribution in [0.3, 0.4) is 0 Å². The van der Waals surface area contributed by atoms with Crippen LogP contribution in [-0.4, -0.2) is 56.7 Å². The van der Waals surface area contributed by atoms with Gasteiger partial charge in [-0.2, -0.15) is 10.1 Å². The number of piperazine rings is 1. The van der Waals surface area contributed by atoms with Crippen molar-refractivity contribution in [3.8, 4) is 0 Å². The largest absolute Gasteiger partial charge is 0.422 e. The van der Waals surface area contributed by atoms with Crippen LogP contribution in [0.4, 0.5) is 6.01 Å². The zero-order chi connectivity index (χ0) is 16.5. The maximum Gasteiger partial charge on any atom is 0.300 e. The molecular formula is C16H18N6O2. The van der Waals surface area contributed by atoms with Gasteiger partial charge in [0.05, 0.1) is 6.20 Å². The van der Waals surface area contributed by atoms with Crippen LogP contribution in [0.25, 0.3) is 11.2 Å². The normalized spacial score (nSPS) is 15.2. The number of rotatable bonds is 3. The second kappa shape index (κ2) is 5.95. The Labute approximate surface area is 138 Å². The van der Waals surface area contributed by atoms with Gasteiger partial charge < -0.3 is 14.2 Å². The highest BCUT2D eigenvalue weighted by Crippen LogP contribution is 2.21. The van der Waals surface area contributed by atoms with Gasteiger partial charge in [0.25, 0.3) is 6.01 Å². The fraction of sp³-hybridized carbons (Fsp3) is 0.375. The van der Waals surface area contributed by atoms with E-state index >= 15 is 0 Å². The summed E-state index contributed by atoms with van der Waals surface area (Å²) < 4.78 is 7.41. The minimum Gasteiger partial charge on any atom is -0.422 e. The van der Waals surface area contributed by atoms with E-state index in [2.05, 4.69) is 15.1 Å². The molecule has 1 fully saturated rings. The summed E-state index contributed by atoms with van der Waals surface area (Å²) in [5, 5.41) is 4.16. The van der Waals surface area contributed by atoms with Gasteiger partial charge in [-0.15, -0.1) is 0 Å². The first-order valence-corrected chi connectivity index (χ1v) is 7.92. The molecule has 0 radical (unpaired) electrons. The number of hydrogen-bond donors (Lipinski definition) is 0. The third-order valence-corrected chi connectivity index (χ3v) is 4.12. The van der Waals surface area contributed by atoms with Crippen LogP contribution >= 0.6 is 0 Å². The van der Waals surface area contributed by atoms with Crippen molar-refractivity contribution in [2.75, 3.05) is 31.1 Å². The molecule has 4 rings (SSSR count). The van der Waals surface area contributed by atoms with E-state index in [4.69, 9.17) is 4.42 Å². The molecule has 0 bridgehead atoms. The summed E-state index contributed by atoms with van der Waals surface area (Å²) in [6, 6.07) is 4.24. The lowest BCUT2D eigenvalue weighted by Crippen LogP contribution is -2.49. The van der Waals surface area contributed by atoms with E-state index in [1.165, 1.54) is 0 Å². The first kappa shape index (κ1) is 14.7. The Bertz CT molecular complexity index is 829. The number of oxazole rings is 1. The van der Waals surface area contributed by atoms with Gasteiger partial charge in [0.1, 0.15) is 6.54 Å². The molecule has 1 amide bonds. The standard InChI is InChI=1S/C16H18N6O2/c1-12-9-18-22(10-12)11-14(23)20-5-7-21(8-6-20)16-19-15-13(24-16)3-2-4-17-15/h2-4,9-10H,5-8,11H2,1H3. The number of carbonyl (C=O) groups excluding carboxylic acids is 1. The first-order chi connectivity index (χ1) is 11.7. The van der Waals surface area contributed by atoms with Gasteiger partial charge in [-0.25, -0.2) is 4.98 Å². The fourth-order valence-electron chi connectivity index (χ4n) is 2.83.